The summed E-state index contributed by atoms with van der Waals surface area (Å²) in [6.45, 7) is 2.32. The van der Waals surface area contributed by atoms with Crippen LogP contribution >= 0.6 is 0 Å². The molecule has 0 unspecified atom stereocenters. The number of ether oxygens (including phenoxy) is 2. The van der Waals surface area contributed by atoms with Crippen molar-refractivity contribution in [3.05, 3.63) is 24.3 Å². The molecule has 2 atom stereocenters. The minimum absolute atomic E-state index is 0.0360. The molecular weight excluding hydrogens is 458 g/mol. The van der Waals surface area contributed by atoms with Crippen molar-refractivity contribution < 1.29 is 27.5 Å². The summed E-state index contributed by atoms with van der Waals surface area (Å²) >= 11 is 0. The molecule has 10 heteroatoms. The predicted molar refractivity (Wildman–Crippen MR) is 128 cm³/mol. The van der Waals surface area contributed by atoms with Gasteiger partial charge in [-0.3, -0.25) is 9.59 Å². The van der Waals surface area contributed by atoms with Crippen LogP contribution in [0.4, 0.5) is 0 Å². The quantitative estimate of drug-likeness (QED) is 0.487. The Bertz CT molecular complexity index is 909. The number of methoxy groups -OCH3 is 1. The Kier molecular flexibility index (Phi) is 9.73. The first-order chi connectivity index (χ1) is 16.3. The fraction of sp³-hybridized carbons (Fsp3) is 0.667. The molecule has 34 heavy (non-hydrogen) atoms. The molecule has 1 heterocycles. The second-order valence-corrected chi connectivity index (χ2v) is 10.7. The maximum Gasteiger partial charge on any atom is 0.243 e. The topological polar surface area (TPSA) is 114 Å². The Morgan fingerprint density at radius 2 is 1.82 bits per heavy atom. The van der Waals surface area contributed by atoms with E-state index in [2.05, 4.69) is 10.0 Å². The van der Waals surface area contributed by atoms with Crippen molar-refractivity contribution in [3.8, 4) is 5.75 Å². The van der Waals surface area contributed by atoms with Crippen molar-refractivity contribution in [1.29, 1.82) is 0 Å². The number of benzene rings is 1. The molecule has 2 N–H and O–H groups in total. The number of nitrogens with one attached hydrogen (secondary N) is 2. The van der Waals surface area contributed by atoms with Gasteiger partial charge in [-0.15, -0.1) is 0 Å². The average Bonchev–Trinajstić information content (AvgIpc) is 3.36. The van der Waals surface area contributed by atoms with Crippen molar-refractivity contribution in [2.75, 3.05) is 26.8 Å². The number of carbonyl (C=O) groups excluding carboxylic acids is 2. The zero-order valence-electron chi connectivity index (χ0n) is 20.1. The lowest BCUT2D eigenvalue weighted by molar-refractivity contribution is -0.141. The molecule has 0 spiro atoms. The average molecular weight is 496 g/mol. The van der Waals surface area contributed by atoms with Crippen LogP contribution in [0.25, 0.3) is 0 Å². The molecule has 3 rings (SSSR count). The van der Waals surface area contributed by atoms with Gasteiger partial charge in [-0.2, -0.15) is 0 Å². The fourth-order valence-corrected chi connectivity index (χ4v) is 5.57. The number of sulfonamides is 1. The molecule has 1 aliphatic carbocycles. The monoisotopic (exact) mass is 495 g/mol. The molecule has 0 radical (unpaired) electrons. The van der Waals surface area contributed by atoms with Crippen LogP contribution in [-0.4, -0.2) is 70.1 Å². The van der Waals surface area contributed by atoms with Crippen LogP contribution in [0.3, 0.4) is 0 Å². The molecule has 0 bridgehead atoms. The largest absolute Gasteiger partial charge is 0.497 e. The predicted octanol–water partition coefficient (Wildman–Crippen LogP) is 2.21. The van der Waals surface area contributed by atoms with Gasteiger partial charge in [0.05, 0.1) is 24.7 Å². The Labute approximate surface area is 202 Å². The molecule has 1 saturated carbocycles. The van der Waals surface area contributed by atoms with Crippen LogP contribution in [0.2, 0.25) is 0 Å². The highest BCUT2D eigenvalue weighted by Gasteiger charge is 2.33. The van der Waals surface area contributed by atoms with E-state index in [1.165, 1.54) is 30.6 Å². The number of hydrogen-bond donors (Lipinski definition) is 2. The molecule has 2 fully saturated rings. The van der Waals surface area contributed by atoms with E-state index in [0.717, 1.165) is 38.5 Å². The standard InChI is InChI=1S/C24H37N3O6S/c1-3-22(24(29)26-18-8-5-4-6-9-18)27(17-20-10-7-15-33-20)23(28)16-25-34(30,31)21-13-11-19(32-2)12-14-21/h11-14,18,20,22,25H,3-10,15-17H2,1-2H3,(H,26,29)/t20-,22+/m0/s1. The van der Waals surface area contributed by atoms with Crippen LogP contribution in [-0.2, 0) is 24.3 Å². The third-order valence-corrected chi connectivity index (χ3v) is 7.96. The van der Waals surface area contributed by atoms with Gasteiger partial charge >= 0.3 is 0 Å². The first-order valence-corrected chi connectivity index (χ1v) is 13.7. The van der Waals surface area contributed by atoms with E-state index in [0.29, 0.717) is 18.8 Å². The van der Waals surface area contributed by atoms with E-state index in [-0.39, 0.29) is 29.5 Å². The van der Waals surface area contributed by atoms with Crippen molar-refractivity contribution >= 4 is 21.8 Å². The third kappa shape index (κ3) is 7.16. The summed E-state index contributed by atoms with van der Waals surface area (Å²) in [5.74, 6) is -0.0930. The van der Waals surface area contributed by atoms with Gasteiger partial charge < -0.3 is 19.7 Å². The van der Waals surface area contributed by atoms with Gasteiger partial charge in [-0.25, -0.2) is 13.1 Å². The summed E-state index contributed by atoms with van der Waals surface area (Å²) in [4.78, 5) is 27.9. The number of nitrogens with zero attached hydrogens (tertiary/aromatic N) is 1. The van der Waals surface area contributed by atoms with E-state index >= 15 is 0 Å². The van der Waals surface area contributed by atoms with Gasteiger partial charge in [-0.1, -0.05) is 26.2 Å². The Hall–Kier alpha value is -2.17. The molecule has 2 aliphatic rings. The third-order valence-electron chi connectivity index (χ3n) is 6.54. The second-order valence-electron chi connectivity index (χ2n) is 8.95. The van der Waals surface area contributed by atoms with Crippen molar-refractivity contribution in [2.24, 2.45) is 0 Å². The minimum Gasteiger partial charge on any atom is -0.497 e. The van der Waals surface area contributed by atoms with Gasteiger partial charge in [0.25, 0.3) is 0 Å². The lowest BCUT2D eigenvalue weighted by atomic mass is 9.95. The van der Waals surface area contributed by atoms with Crippen molar-refractivity contribution in [3.63, 3.8) is 0 Å². The van der Waals surface area contributed by atoms with Gasteiger partial charge in [0.1, 0.15) is 11.8 Å². The molecule has 1 aromatic rings. The zero-order valence-corrected chi connectivity index (χ0v) is 20.9. The van der Waals surface area contributed by atoms with Gasteiger partial charge in [0, 0.05) is 19.2 Å². The summed E-state index contributed by atoms with van der Waals surface area (Å²) in [6, 6.07) is 5.38. The number of rotatable bonds is 11. The lowest BCUT2D eigenvalue weighted by Gasteiger charge is -2.34. The van der Waals surface area contributed by atoms with Crippen LogP contribution in [0.5, 0.6) is 5.75 Å². The number of carbonyl (C=O) groups is 2. The first kappa shape index (κ1) is 26.4. The zero-order chi connectivity index (χ0) is 24.6. The van der Waals surface area contributed by atoms with Gasteiger partial charge in [0.2, 0.25) is 21.8 Å². The van der Waals surface area contributed by atoms with E-state index in [4.69, 9.17) is 9.47 Å². The summed E-state index contributed by atoms with van der Waals surface area (Å²) in [6.07, 6.45) is 7.25. The number of amides is 2. The summed E-state index contributed by atoms with van der Waals surface area (Å²) in [5, 5.41) is 3.11. The highest BCUT2D eigenvalue weighted by Crippen LogP contribution is 2.20. The highest BCUT2D eigenvalue weighted by atomic mass is 32.2. The molecule has 1 aliphatic heterocycles. The van der Waals surface area contributed by atoms with Crippen LogP contribution < -0.4 is 14.8 Å². The van der Waals surface area contributed by atoms with Crippen molar-refractivity contribution in [2.45, 2.75) is 81.4 Å². The fourth-order valence-electron chi connectivity index (χ4n) is 4.60. The van der Waals surface area contributed by atoms with E-state index in [1.807, 2.05) is 6.92 Å². The Balaban J connectivity index is 1.69. The van der Waals surface area contributed by atoms with Crippen LogP contribution in [0, 0.1) is 0 Å². The summed E-state index contributed by atoms with van der Waals surface area (Å²) < 4.78 is 38.6. The molecule has 0 aromatic heterocycles. The normalized spacial score (nSPS) is 20.0. The highest BCUT2D eigenvalue weighted by molar-refractivity contribution is 7.89. The molecule has 2 amide bonds. The Morgan fingerprint density at radius 3 is 2.41 bits per heavy atom. The SMILES string of the molecule is CC[C@H](C(=O)NC1CCCCC1)N(C[C@@H]1CCCO1)C(=O)CNS(=O)(=O)c1ccc(OC)cc1. The molecule has 9 nitrogen and oxygen atoms in total. The summed E-state index contributed by atoms with van der Waals surface area (Å²) in [7, 11) is -2.40. The van der Waals surface area contributed by atoms with E-state index in [9.17, 15) is 18.0 Å². The lowest BCUT2D eigenvalue weighted by Crippen LogP contribution is -2.55. The first-order valence-electron chi connectivity index (χ1n) is 12.2. The molecule has 190 valence electrons. The van der Waals surface area contributed by atoms with Crippen molar-refractivity contribution in [1.82, 2.24) is 14.9 Å². The van der Waals surface area contributed by atoms with E-state index in [1.54, 1.807) is 12.1 Å². The van der Waals surface area contributed by atoms with Crippen LogP contribution in [0.1, 0.15) is 58.3 Å². The van der Waals surface area contributed by atoms with Gasteiger partial charge in [-0.05, 0) is 56.4 Å². The summed E-state index contributed by atoms with van der Waals surface area (Å²) in [5.41, 5.74) is 0. The molecule has 1 saturated heterocycles. The van der Waals surface area contributed by atoms with Gasteiger partial charge in [0.15, 0.2) is 0 Å². The Morgan fingerprint density at radius 1 is 1.12 bits per heavy atom. The molecule has 1 aromatic carbocycles. The number of hydrogen-bond acceptors (Lipinski definition) is 6. The maximum absolute atomic E-state index is 13.2. The molecular formula is C24H37N3O6S. The smallest absolute Gasteiger partial charge is 0.243 e. The van der Waals surface area contributed by atoms with Crippen LogP contribution in [0.15, 0.2) is 29.2 Å². The maximum atomic E-state index is 13.2. The minimum atomic E-state index is -3.90. The second kappa shape index (κ2) is 12.5. The van der Waals surface area contributed by atoms with E-state index < -0.39 is 28.5 Å².